The first-order valence-electron chi connectivity index (χ1n) is 7.59. The molecule has 0 atom stereocenters. The number of amides is 1. The van der Waals surface area contributed by atoms with Gasteiger partial charge in [-0.1, -0.05) is 0 Å². The van der Waals surface area contributed by atoms with Gasteiger partial charge in [-0.2, -0.15) is 0 Å². The zero-order valence-electron chi connectivity index (χ0n) is 12.9. The number of rotatable bonds is 4. The van der Waals surface area contributed by atoms with Crippen molar-refractivity contribution < 1.29 is 23.5 Å². The summed E-state index contributed by atoms with van der Waals surface area (Å²) in [4.78, 5) is 26.3. The van der Waals surface area contributed by atoms with Crippen LogP contribution < -0.4 is 5.32 Å². The summed E-state index contributed by atoms with van der Waals surface area (Å²) in [6.45, 7) is 2.58. The van der Waals surface area contributed by atoms with E-state index in [0.717, 1.165) is 18.9 Å². The van der Waals surface area contributed by atoms with Crippen LogP contribution in [0.3, 0.4) is 0 Å². The average Bonchev–Trinajstić information content (AvgIpc) is 3.39. The van der Waals surface area contributed by atoms with E-state index in [1.807, 2.05) is 0 Å². The number of ether oxygens (including phenoxy) is 2. The molecule has 0 aromatic heterocycles. The van der Waals surface area contributed by atoms with Crippen molar-refractivity contribution in [3.63, 3.8) is 0 Å². The standard InChI is InChI=1S/C16H19FN2O4/c1-22-14(20)11-2-3-12(17)13(10-11)18-15(21)16(4-5-16)19-6-8-23-9-7-19/h2-3,10H,4-9H2,1H3,(H,18,21). The van der Waals surface area contributed by atoms with Crippen molar-refractivity contribution in [3.8, 4) is 0 Å². The van der Waals surface area contributed by atoms with E-state index in [4.69, 9.17) is 4.74 Å². The molecular weight excluding hydrogens is 303 g/mol. The molecule has 2 fully saturated rings. The number of carbonyl (C=O) groups is 2. The Hall–Kier alpha value is -1.99. The molecule has 0 radical (unpaired) electrons. The van der Waals surface area contributed by atoms with Crippen molar-refractivity contribution in [3.05, 3.63) is 29.6 Å². The number of hydrogen-bond donors (Lipinski definition) is 1. The Morgan fingerprint density at radius 1 is 1.30 bits per heavy atom. The quantitative estimate of drug-likeness (QED) is 0.849. The third kappa shape index (κ3) is 3.07. The maximum Gasteiger partial charge on any atom is 0.337 e. The lowest BCUT2D eigenvalue weighted by Crippen LogP contribution is -2.51. The second-order valence-electron chi connectivity index (χ2n) is 5.77. The van der Waals surface area contributed by atoms with Crippen LogP contribution in [0.15, 0.2) is 18.2 Å². The Kier molecular flexibility index (Phi) is 4.32. The predicted molar refractivity (Wildman–Crippen MR) is 80.7 cm³/mol. The Bertz CT molecular complexity index is 625. The molecule has 0 spiro atoms. The van der Waals surface area contributed by atoms with Crippen LogP contribution in [-0.4, -0.2) is 55.7 Å². The lowest BCUT2D eigenvalue weighted by atomic mass is 10.1. The summed E-state index contributed by atoms with van der Waals surface area (Å²) in [5.41, 5.74) is -0.379. The van der Waals surface area contributed by atoms with Crippen LogP contribution in [-0.2, 0) is 14.3 Å². The van der Waals surface area contributed by atoms with E-state index in [9.17, 15) is 14.0 Å². The summed E-state index contributed by atoms with van der Waals surface area (Å²) in [5.74, 6) is -1.39. The van der Waals surface area contributed by atoms with E-state index in [2.05, 4.69) is 15.0 Å². The molecule has 1 aromatic rings. The molecule has 1 N–H and O–H groups in total. The van der Waals surface area contributed by atoms with E-state index in [-0.39, 0.29) is 17.2 Å². The van der Waals surface area contributed by atoms with Gasteiger partial charge < -0.3 is 14.8 Å². The highest BCUT2D eigenvalue weighted by Crippen LogP contribution is 2.43. The number of anilines is 1. The summed E-state index contributed by atoms with van der Waals surface area (Å²) in [7, 11) is 1.25. The van der Waals surface area contributed by atoms with Crippen LogP contribution in [0.4, 0.5) is 10.1 Å². The largest absolute Gasteiger partial charge is 0.465 e. The van der Waals surface area contributed by atoms with Crippen molar-refractivity contribution >= 4 is 17.6 Å². The molecule has 1 saturated carbocycles. The molecule has 1 heterocycles. The zero-order chi connectivity index (χ0) is 16.4. The highest BCUT2D eigenvalue weighted by Gasteiger charge is 2.54. The number of morpholine rings is 1. The molecule has 7 heteroatoms. The maximum atomic E-state index is 13.9. The molecular formula is C16H19FN2O4. The van der Waals surface area contributed by atoms with E-state index in [0.29, 0.717) is 26.3 Å². The summed E-state index contributed by atoms with van der Waals surface area (Å²) in [6, 6.07) is 3.77. The van der Waals surface area contributed by atoms with Gasteiger partial charge in [0.1, 0.15) is 11.4 Å². The molecule has 0 unspecified atom stereocenters. The molecule has 1 aromatic carbocycles. The normalized spacial score (nSPS) is 19.9. The van der Waals surface area contributed by atoms with E-state index >= 15 is 0 Å². The molecule has 1 amide bonds. The van der Waals surface area contributed by atoms with Crippen LogP contribution in [0.2, 0.25) is 0 Å². The molecule has 1 aliphatic carbocycles. The number of nitrogens with one attached hydrogen (secondary N) is 1. The second-order valence-corrected chi connectivity index (χ2v) is 5.77. The number of nitrogens with zero attached hydrogens (tertiary/aromatic N) is 1. The van der Waals surface area contributed by atoms with Crippen LogP contribution in [0, 0.1) is 5.82 Å². The summed E-state index contributed by atoms with van der Waals surface area (Å²) >= 11 is 0. The number of benzene rings is 1. The van der Waals surface area contributed by atoms with Gasteiger partial charge in [0, 0.05) is 13.1 Å². The Morgan fingerprint density at radius 2 is 2.00 bits per heavy atom. The van der Waals surface area contributed by atoms with Crippen molar-refractivity contribution in [2.45, 2.75) is 18.4 Å². The van der Waals surface area contributed by atoms with Crippen LogP contribution in [0.25, 0.3) is 0 Å². The van der Waals surface area contributed by atoms with Gasteiger partial charge in [0.25, 0.3) is 0 Å². The minimum Gasteiger partial charge on any atom is -0.465 e. The zero-order valence-corrected chi connectivity index (χ0v) is 12.9. The first-order chi connectivity index (χ1) is 11.1. The third-order valence-corrected chi connectivity index (χ3v) is 4.40. The smallest absolute Gasteiger partial charge is 0.337 e. The van der Waals surface area contributed by atoms with Crippen LogP contribution >= 0.6 is 0 Å². The fourth-order valence-corrected chi connectivity index (χ4v) is 2.90. The first-order valence-corrected chi connectivity index (χ1v) is 7.59. The number of esters is 1. The number of methoxy groups -OCH3 is 1. The molecule has 1 saturated heterocycles. The minimum atomic E-state index is -0.580. The predicted octanol–water partition coefficient (Wildman–Crippen LogP) is 1.42. The van der Waals surface area contributed by atoms with E-state index < -0.39 is 17.3 Å². The Labute approximate surface area is 133 Å². The van der Waals surface area contributed by atoms with Gasteiger partial charge in [-0.15, -0.1) is 0 Å². The Morgan fingerprint density at radius 3 is 2.61 bits per heavy atom. The number of hydrogen-bond acceptors (Lipinski definition) is 5. The minimum absolute atomic E-state index is 0.00238. The summed E-state index contributed by atoms with van der Waals surface area (Å²) < 4.78 is 23.9. The highest BCUT2D eigenvalue weighted by molar-refractivity contribution is 6.01. The fourth-order valence-electron chi connectivity index (χ4n) is 2.90. The topological polar surface area (TPSA) is 67.9 Å². The first kappa shape index (κ1) is 15.9. The molecule has 0 bridgehead atoms. The summed E-state index contributed by atoms with van der Waals surface area (Å²) in [6.07, 6.45) is 1.49. The van der Waals surface area contributed by atoms with E-state index in [1.165, 1.54) is 19.2 Å². The molecule has 23 heavy (non-hydrogen) atoms. The highest BCUT2D eigenvalue weighted by atomic mass is 19.1. The van der Waals surface area contributed by atoms with Crippen molar-refractivity contribution in [1.82, 2.24) is 4.90 Å². The van der Waals surface area contributed by atoms with Crippen molar-refractivity contribution in [2.24, 2.45) is 0 Å². The molecule has 2 aliphatic rings. The lowest BCUT2D eigenvalue weighted by Gasteiger charge is -2.33. The van der Waals surface area contributed by atoms with Crippen molar-refractivity contribution in [1.29, 1.82) is 0 Å². The van der Waals surface area contributed by atoms with E-state index in [1.54, 1.807) is 0 Å². The molecule has 1 aliphatic heterocycles. The third-order valence-electron chi connectivity index (χ3n) is 4.40. The van der Waals surface area contributed by atoms with Gasteiger partial charge in [0.05, 0.1) is 31.6 Å². The second kappa shape index (κ2) is 6.25. The number of halogens is 1. The molecule has 6 nitrogen and oxygen atoms in total. The van der Waals surface area contributed by atoms with Crippen LogP contribution in [0.5, 0.6) is 0 Å². The average molecular weight is 322 g/mol. The van der Waals surface area contributed by atoms with Gasteiger partial charge in [-0.05, 0) is 31.0 Å². The molecule has 3 rings (SSSR count). The molecule has 124 valence electrons. The fraction of sp³-hybridized carbons (Fsp3) is 0.500. The Balaban J connectivity index is 1.76. The van der Waals surface area contributed by atoms with Gasteiger partial charge in [0.2, 0.25) is 5.91 Å². The van der Waals surface area contributed by atoms with Gasteiger partial charge in [-0.25, -0.2) is 9.18 Å². The monoisotopic (exact) mass is 322 g/mol. The van der Waals surface area contributed by atoms with Gasteiger partial charge in [0.15, 0.2) is 0 Å². The van der Waals surface area contributed by atoms with Gasteiger partial charge in [-0.3, -0.25) is 9.69 Å². The number of carbonyl (C=O) groups excluding carboxylic acids is 2. The van der Waals surface area contributed by atoms with Gasteiger partial charge >= 0.3 is 5.97 Å². The lowest BCUT2D eigenvalue weighted by molar-refractivity contribution is -0.124. The van der Waals surface area contributed by atoms with Crippen LogP contribution in [0.1, 0.15) is 23.2 Å². The maximum absolute atomic E-state index is 13.9. The SMILES string of the molecule is COC(=O)c1ccc(F)c(NC(=O)C2(N3CCOCC3)CC2)c1. The summed E-state index contributed by atoms with van der Waals surface area (Å²) in [5, 5.41) is 2.63. The van der Waals surface area contributed by atoms with Crippen molar-refractivity contribution in [2.75, 3.05) is 38.7 Å².